The minimum atomic E-state index is -0.718. The lowest BCUT2D eigenvalue weighted by Gasteiger charge is -2.14. The molecule has 0 saturated heterocycles. The standard InChI is InChI=1S/C14H14ClNO/c1-2-10-6-4-8-16-13(10)14(17)11-5-3-7-12(15)9-11/h3-9,14,17H,2H2,1H3. The molecule has 0 spiro atoms. The van der Waals surface area contributed by atoms with Gasteiger partial charge in [-0.3, -0.25) is 4.98 Å². The average molecular weight is 248 g/mol. The van der Waals surface area contributed by atoms with Crippen molar-refractivity contribution >= 4 is 11.6 Å². The van der Waals surface area contributed by atoms with Crippen LogP contribution in [0.15, 0.2) is 42.6 Å². The van der Waals surface area contributed by atoms with Crippen LogP contribution in [0.2, 0.25) is 5.02 Å². The van der Waals surface area contributed by atoms with Crippen molar-refractivity contribution in [3.8, 4) is 0 Å². The van der Waals surface area contributed by atoms with E-state index in [9.17, 15) is 5.11 Å². The van der Waals surface area contributed by atoms with Crippen molar-refractivity contribution in [1.82, 2.24) is 4.98 Å². The number of pyridine rings is 1. The second-order valence-corrected chi connectivity index (χ2v) is 4.30. The van der Waals surface area contributed by atoms with Crippen LogP contribution in [-0.4, -0.2) is 10.1 Å². The zero-order chi connectivity index (χ0) is 12.3. The maximum absolute atomic E-state index is 10.3. The first kappa shape index (κ1) is 12.1. The Kier molecular flexibility index (Phi) is 3.77. The summed E-state index contributed by atoms with van der Waals surface area (Å²) < 4.78 is 0. The molecule has 2 aromatic rings. The van der Waals surface area contributed by atoms with Gasteiger partial charge in [-0.2, -0.15) is 0 Å². The zero-order valence-corrected chi connectivity index (χ0v) is 10.4. The molecule has 0 aliphatic rings. The number of rotatable bonds is 3. The number of aromatic nitrogens is 1. The summed E-state index contributed by atoms with van der Waals surface area (Å²) in [5.74, 6) is 0. The molecular formula is C14H14ClNO. The highest BCUT2D eigenvalue weighted by Crippen LogP contribution is 2.25. The van der Waals surface area contributed by atoms with Crippen LogP contribution >= 0.6 is 11.6 Å². The number of hydrogen-bond acceptors (Lipinski definition) is 2. The molecule has 17 heavy (non-hydrogen) atoms. The van der Waals surface area contributed by atoms with Crippen LogP contribution in [0.4, 0.5) is 0 Å². The first-order chi connectivity index (χ1) is 8.22. The van der Waals surface area contributed by atoms with Crippen molar-refractivity contribution in [2.75, 3.05) is 0 Å². The Morgan fingerprint density at radius 2 is 2.12 bits per heavy atom. The van der Waals surface area contributed by atoms with E-state index in [2.05, 4.69) is 4.98 Å². The van der Waals surface area contributed by atoms with E-state index in [1.54, 1.807) is 18.3 Å². The summed E-state index contributed by atoms with van der Waals surface area (Å²) in [6.07, 6.45) is 1.83. The number of benzene rings is 1. The first-order valence-electron chi connectivity index (χ1n) is 5.59. The number of nitrogens with zero attached hydrogens (tertiary/aromatic N) is 1. The van der Waals surface area contributed by atoms with Crippen molar-refractivity contribution < 1.29 is 5.11 Å². The van der Waals surface area contributed by atoms with Gasteiger partial charge < -0.3 is 5.11 Å². The summed E-state index contributed by atoms with van der Waals surface area (Å²) in [6.45, 7) is 2.05. The van der Waals surface area contributed by atoms with Crippen LogP contribution in [0, 0.1) is 0 Å². The van der Waals surface area contributed by atoms with Crippen molar-refractivity contribution in [3.63, 3.8) is 0 Å². The van der Waals surface area contributed by atoms with Crippen molar-refractivity contribution in [2.24, 2.45) is 0 Å². The Bertz CT molecular complexity index is 513. The van der Waals surface area contributed by atoms with Crippen LogP contribution < -0.4 is 0 Å². The van der Waals surface area contributed by atoms with Crippen molar-refractivity contribution in [3.05, 3.63) is 64.4 Å². The smallest absolute Gasteiger partial charge is 0.121 e. The van der Waals surface area contributed by atoms with Gasteiger partial charge in [-0.05, 0) is 35.7 Å². The molecule has 1 N–H and O–H groups in total. The van der Waals surface area contributed by atoms with Gasteiger partial charge in [0.05, 0.1) is 5.69 Å². The molecule has 88 valence electrons. The molecule has 0 aliphatic carbocycles. The lowest BCUT2D eigenvalue weighted by Crippen LogP contribution is -2.05. The summed E-state index contributed by atoms with van der Waals surface area (Å²) >= 11 is 5.92. The Morgan fingerprint density at radius 1 is 1.29 bits per heavy atom. The lowest BCUT2D eigenvalue weighted by atomic mass is 10.0. The molecule has 2 nitrogen and oxygen atoms in total. The highest BCUT2D eigenvalue weighted by atomic mass is 35.5. The number of aliphatic hydroxyl groups excluding tert-OH is 1. The molecule has 0 fully saturated rings. The van der Waals surface area contributed by atoms with Crippen LogP contribution in [0.25, 0.3) is 0 Å². The molecule has 0 amide bonds. The molecule has 1 heterocycles. The van der Waals surface area contributed by atoms with Gasteiger partial charge in [-0.15, -0.1) is 0 Å². The zero-order valence-electron chi connectivity index (χ0n) is 9.60. The summed E-state index contributed by atoms with van der Waals surface area (Å²) in [7, 11) is 0. The minimum Gasteiger partial charge on any atom is -0.382 e. The van der Waals surface area contributed by atoms with E-state index in [1.807, 2.05) is 31.2 Å². The van der Waals surface area contributed by atoms with Gasteiger partial charge in [0, 0.05) is 11.2 Å². The van der Waals surface area contributed by atoms with Crippen LogP contribution in [0.1, 0.15) is 29.8 Å². The third kappa shape index (κ3) is 2.65. The predicted octanol–water partition coefficient (Wildman–Crippen LogP) is 3.38. The molecule has 1 aromatic carbocycles. The molecule has 0 saturated carbocycles. The molecule has 3 heteroatoms. The van der Waals surface area contributed by atoms with Gasteiger partial charge >= 0.3 is 0 Å². The summed E-state index contributed by atoms with van der Waals surface area (Å²) in [5.41, 5.74) is 2.53. The summed E-state index contributed by atoms with van der Waals surface area (Å²) in [5, 5.41) is 10.9. The molecule has 0 aliphatic heterocycles. The fourth-order valence-electron chi connectivity index (χ4n) is 1.83. The molecule has 2 rings (SSSR count). The second-order valence-electron chi connectivity index (χ2n) is 3.86. The number of aryl methyl sites for hydroxylation is 1. The van der Waals surface area contributed by atoms with Crippen LogP contribution in [0.3, 0.4) is 0 Å². The monoisotopic (exact) mass is 247 g/mol. The van der Waals surface area contributed by atoms with Crippen molar-refractivity contribution in [1.29, 1.82) is 0 Å². The Labute approximate surface area is 106 Å². The van der Waals surface area contributed by atoms with Crippen molar-refractivity contribution in [2.45, 2.75) is 19.4 Å². The normalized spacial score (nSPS) is 12.4. The van der Waals surface area contributed by atoms with E-state index >= 15 is 0 Å². The first-order valence-corrected chi connectivity index (χ1v) is 5.97. The number of aliphatic hydroxyl groups is 1. The molecule has 1 atom stereocenters. The van der Waals surface area contributed by atoms with E-state index in [0.717, 1.165) is 17.5 Å². The Balaban J connectivity index is 2.40. The Hall–Kier alpha value is -1.38. The molecule has 1 aromatic heterocycles. The minimum absolute atomic E-state index is 0.621. The van der Waals surface area contributed by atoms with Gasteiger partial charge in [0.25, 0.3) is 0 Å². The van der Waals surface area contributed by atoms with E-state index in [0.29, 0.717) is 10.7 Å². The lowest BCUT2D eigenvalue weighted by molar-refractivity contribution is 0.214. The molecule has 0 radical (unpaired) electrons. The molecule has 1 unspecified atom stereocenters. The van der Waals surface area contributed by atoms with Gasteiger partial charge in [0.15, 0.2) is 0 Å². The van der Waals surface area contributed by atoms with Gasteiger partial charge in [-0.1, -0.05) is 36.7 Å². The largest absolute Gasteiger partial charge is 0.382 e. The topological polar surface area (TPSA) is 33.1 Å². The number of halogens is 1. The fraction of sp³-hybridized carbons (Fsp3) is 0.214. The quantitative estimate of drug-likeness (QED) is 0.902. The highest BCUT2D eigenvalue weighted by Gasteiger charge is 2.15. The van der Waals surface area contributed by atoms with Crippen LogP contribution in [0.5, 0.6) is 0 Å². The van der Waals surface area contributed by atoms with E-state index in [-0.39, 0.29) is 0 Å². The SMILES string of the molecule is CCc1cccnc1C(O)c1cccc(Cl)c1. The average Bonchev–Trinajstić information content (AvgIpc) is 2.38. The van der Waals surface area contributed by atoms with E-state index < -0.39 is 6.10 Å². The Morgan fingerprint density at radius 3 is 2.82 bits per heavy atom. The van der Waals surface area contributed by atoms with Gasteiger partial charge in [0.1, 0.15) is 6.10 Å². The van der Waals surface area contributed by atoms with Gasteiger partial charge in [-0.25, -0.2) is 0 Å². The highest BCUT2D eigenvalue weighted by molar-refractivity contribution is 6.30. The van der Waals surface area contributed by atoms with Crippen LogP contribution in [-0.2, 0) is 6.42 Å². The van der Waals surface area contributed by atoms with Gasteiger partial charge in [0.2, 0.25) is 0 Å². The maximum atomic E-state index is 10.3. The second kappa shape index (κ2) is 5.30. The van der Waals surface area contributed by atoms with E-state index in [1.165, 1.54) is 0 Å². The summed E-state index contributed by atoms with van der Waals surface area (Å²) in [4.78, 5) is 4.26. The third-order valence-corrected chi connectivity index (χ3v) is 2.97. The summed E-state index contributed by atoms with van der Waals surface area (Å²) in [6, 6.07) is 11.1. The van der Waals surface area contributed by atoms with E-state index in [4.69, 9.17) is 11.6 Å². The predicted molar refractivity (Wildman–Crippen MR) is 69.1 cm³/mol. The fourth-order valence-corrected chi connectivity index (χ4v) is 2.03. The molecule has 0 bridgehead atoms. The molecular weight excluding hydrogens is 234 g/mol. The maximum Gasteiger partial charge on any atom is 0.121 e. The number of hydrogen-bond donors (Lipinski definition) is 1. The third-order valence-electron chi connectivity index (χ3n) is 2.73.